The largest absolute Gasteiger partial charge is 0.290 e. The van der Waals surface area contributed by atoms with Gasteiger partial charge in [0.2, 0.25) is 0 Å². The smallest absolute Gasteiger partial charge is 0.258 e. The van der Waals surface area contributed by atoms with Crippen LogP contribution in [-0.2, 0) is 9.05 Å². The molecule has 0 aliphatic heterocycles. The lowest BCUT2D eigenvalue weighted by Crippen LogP contribution is -2.01. The number of rotatable bonds is 2. The zero-order chi connectivity index (χ0) is 12.5. The van der Waals surface area contributed by atoms with Gasteiger partial charge >= 0.3 is 0 Å². The number of nitriles is 1. The van der Waals surface area contributed by atoms with E-state index in [0.717, 1.165) is 12.1 Å². The van der Waals surface area contributed by atoms with Gasteiger partial charge in [0.05, 0.1) is 15.5 Å². The second-order valence-corrected chi connectivity index (χ2v) is 5.46. The quantitative estimate of drug-likeness (QED) is 0.469. The number of nitro groups is 1. The molecule has 1 aromatic carbocycles. The SMILES string of the molecule is N#Cc1ccc([N+](=O)[O-])c(S(=O)(=O)Cl)c1Cl. The number of halogens is 2. The number of nitrogens with zero attached hydrogens (tertiary/aromatic N) is 2. The van der Waals surface area contributed by atoms with E-state index in [1.165, 1.54) is 0 Å². The molecule has 0 aliphatic rings. The van der Waals surface area contributed by atoms with Gasteiger partial charge < -0.3 is 0 Å². The molecule has 0 N–H and O–H groups in total. The van der Waals surface area contributed by atoms with Crippen LogP contribution in [0.4, 0.5) is 5.69 Å². The monoisotopic (exact) mass is 280 g/mol. The van der Waals surface area contributed by atoms with Gasteiger partial charge in [-0.2, -0.15) is 5.26 Å². The first-order valence-electron chi connectivity index (χ1n) is 3.60. The molecule has 84 valence electrons. The van der Waals surface area contributed by atoms with E-state index >= 15 is 0 Å². The topological polar surface area (TPSA) is 101 Å². The minimum atomic E-state index is -4.39. The van der Waals surface area contributed by atoms with E-state index in [1.807, 2.05) is 0 Å². The van der Waals surface area contributed by atoms with Crippen molar-refractivity contribution in [3.05, 3.63) is 32.8 Å². The highest BCUT2D eigenvalue weighted by molar-refractivity contribution is 8.14. The van der Waals surface area contributed by atoms with E-state index in [4.69, 9.17) is 27.5 Å². The van der Waals surface area contributed by atoms with Crippen LogP contribution in [0.25, 0.3) is 0 Å². The van der Waals surface area contributed by atoms with Crippen LogP contribution in [0.5, 0.6) is 0 Å². The molecule has 0 saturated carbocycles. The minimum absolute atomic E-state index is 0.202. The Balaban J connectivity index is 3.79. The maximum atomic E-state index is 11.1. The lowest BCUT2D eigenvalue weighted by Gasteiger charge is -2.02. The van der Waals surface area contributed by atoms with E-state index in [2.05, 4.69) is 0 Å². The van der Waals surface area contributed by atoms with Crippen LogP contribution in [0.15, 0.2) is 17.0 Å². The molecule has 0 unspecified atom stereocenters. The molecular weight excluding hydrogens is 279 g/mol. The molecule has 0 aliphatic carbocycles. The molecule has 0 aromatic heterocycles. The lowest BCUT2D eigenvalue weighted by atomic mass is 10.2. The fourth-order valence-corrected chi connectivity index (χ4v) is 2.82. The zero-order valence-corrected chi connectivity index (χ0v) is 9.67. The van der Waals surface area contributed by atoms with Gasteiger partial charge in [-0.1, -0.05) is 11.6 Å². The van der Waals surface area contributed by atoms with Gasteiger partial charge in [-0.05, 0) is 6.07 Å². The summed E-state index contributed by atoms with van der Waals surface area (Å²) in [6.45, 7) is 0. The fraction of sp³-hybridized carbons (Fsp3) is 0. The third kappa shape index (κ3) is 2.24. The van der Waals surface area contributed by atoms with Crippen molar-refractivity contribution >= 4 is 37.0 Å². The fourth-order valence-electron chi connectivity index (χ4n) is 1.01. The van der Waals surface area contributed by atoms with Crippen LogP contribution in [-0.4, -0.2) is 13.3 Å². The van der Waals surface area contributed by atoms with Gasteiger partial charge in [0.25, 0.3) is 14.7 Å². The van der Waals surface area contributed by atoms with Gasteiger partial charge in [0.1, 0.15) is 6.07 Å². The normalized spacial score (nSPS) is 10.8. The molecule has 16 heavy (non-hydrogen) atoms. The van der Waals surface area contributed by atoms with Crippen molar-refractivity contribution < 1.29 is 13.3 Å². The first-order valence-corrected chi connectivity index (χ1v) is 6.29. The Morgan fingerprint density at radius 2 is 2.00 bits per heavy atom. The van der Waals surface area contributed by atoms with E-state index in [9.17, 15) is 18.5 Å². The Hall–Kier alpha value is -1.36. The molecule has 0 bridgehead atoms. The minimum Gasteiger partial charge on any atom is -0.258 e. The van der Waals surface area contributed by atoms with Crippen LogP contribution < -0.4 is 0 Å². The lowest BCUT2D eigenvalue weighted by molar-refractivity contribution is -0.387. The zero-order valence-electron chi connectivity index (χ0n) is 7.35. The maximum Gasteiger partial charge on any atom is 0.290 e. The van der Waals surface area contributed by atoms with E-state index in [0.29, 0.717) is 0 Å². The predicted molar refractivity (Wildman–Crippen MR) is 55.9 cm³/mol. The van der Waals surface area contributed by atoms with Crippen molar-refractivity contribution in [3.63, 3.8) is 0 Å². The Labute approximate surface area is 99.6 Å². The Morgan fingerprint density at radius 3 is 2.38 bits per heavy atom. The van der Waals surface area contributed by atoms with Crippen molar-refractivity contribution in [3.8, 4) is 6.07 Å². The third-order valence-corrected chi connectivity index (χ3v) is 3.51. The summed E-state index contributed by atoms with van der Waals surface area (Å²) in [5.74, 6) is 0. The molecule has 0 atom stereocenters. The molecule has 0 spiro atoms. The highest BCUT2D eigenvalue weighted by Crippen LogP contribution is 2.35. The van der Waals surface area contributed by atoms with Crippen molar-refractivity contribution in [1.29, 1.82) is 5.26 Å². The van der Waals surface area contributed by atoms with Gasteiger partial charge in [-0.25, -0.2) is 8.42 Å². The van der Waals surface area contributed by atoms with E-state index < -0.39 is 29.6 Å². The second kappa shape index (κ2) is 4.25. The van der Waals surface area contributed by atoms with Crippen LogP contribution in [0.2, 0.25) is 5.02 Å². The summed E-state index contributed by atoms with van der Waals surface area (Å²) in [5, 5.41) is 18.6. The average Bonchev–Trinajstić information content (AvgIpc) is 2.14. The maximum absolute atomic E-state index is 11.1. The Kier molecular flexibility index (Phi) is 3.38. The number of nitro benzene ring substituents is 1. The summed E-state index contributed by atoms with van der Waals surface area (Å²) in [6, 6.07) is 3.50. The molecule has 0 fully saturated rings. The first kappa shape index (κ1) is 12.7. The highest BCUT2D eigenvalue weighted by Gasteiger charge is 2.29. The van der Waals surface area contributed by atoms with E-state index in [-0.39, 0.29) is 5.56 Å². The highest BCUT2D eigenvalue weighted by atomic mass is 35.7. The third-order valence-electron chi connectivity index (χ3n) is 1.64. The summed E-state index contributed by atoms with van der Waals surface area (Å²) >= 11 is 5.55. The van der Waals surface area contributed by atoms with E-state index in [1.54, 1.807) is 6.07 Å². The van der Waals surface area contributed by atoms with Crippen molar-refractivity contribution in [2.45, 2.75) is 4.90 Å². The molecule has 1 aromatic rings. The van der Waals surface area contributed by atoms with Gasteiger partial charge in [-0.3, -0.25) is 10.1 Å². The Bertz CT molecular complexity index is 606. The summed E-state index contributed by atoms with van der Waals surface area (Å²) in [4.78, 5) is 8.76. The summed E-state index contributed by atoms with van der Waals surface area (Å²) in [7, 11) is 0.622. The summed E-state index contributed by atoms with van der Waals surface area (Å²) in [6.07, 6.45) is 0. The van der Waals surface area contributed by atoms with Gasteiger partial charge in [0, 0.05) is 16.7 Å². The molecule has 0 saturated heterocycles. The summed E-state index contributed by atoms with van der Waals surface area (Å²) in [5.41, 5.74) is -0.967. The number of benzene rings is 1. The van der Waals surface area contributed by atoms with Crippen molar-refractivity contribution in [2.24, 2.45) is 0 Å². The first-order chi connectivity index (χ1) is 7.29. The van der Waals surface area contributed by atoms with Gasteiger partial charge in [0.15, 0.2) is 4.90 Å². The molecule has 9 heteroatoms. The molecule has 0 heterocycles. The molecule has 0 amide bonds. The van der Waals surface area contributed by atoms with Crippen LogP contribution in [0, 0.1) is 21.4 Å². The van der Waals surface area contributed by atoms with Crippen molar-refractivity contribution in [2.75, 3.05) is 0 Å². The predicted octanol–water partition coefficient (Wildman–Crippen LogP) is 2.05. The molecule has 1 rings (SSSR count). The summed E-state index contributed by atoms with van der Waals surface area (Å²) < 4.78 is 22.2. The van der Waals surface area contributed by atoms with Crippen molar-refractivity contribution in [1.82, 2.24) is 0 Å². The molecular formula is C7H2Cl2N2O4S. The van der Waals surface area contributed by atoms with Crippen LogP contribution >= 0.6 is 22.3 Å². The number of hydrogen-bond acceptors (Lipinski definition) is 5. The Morgan fingerprint density at radius 1 is 1.44 bits per heavy atom. The van der Waals surface area contributed by atoms with Gasteiger partial charge in [-0.15, -0.1) is 0 Å². The number of hydrogen-bond donors (Lipinski definition) is 0. The van der Waals surface area contributed by atoms with Crippen LogP contribution in [0.3, 0.4) is 0 Å². The standard InChI is InChI=1S/C7H2Cl2N2O4S/c8-6-4(3-10)1-2-5(11(12)13)7(6)16(9,14)15/h1-2H. The average molecular weight is 281 g/mol. The van der Waals surface area contributed by atoms with Crippen LogP contribution in [0.1, 0.15) is 5.56 Å². The second-order valence-electron chi connectivity index (χ2n) is 2.58. The molecule has 0 radical (unpaired) electrons. The molecule has 6 nitrogen and oxygen atoms in total.